The zero-order chi connectivity index (χ0) is 26.4. The molecule has 1 aromatic heterocycles. The Morgan fingerprint density at radius 1 is 1.17 bits per heavy atom. The topological polar surface area (TPSA) is 110 Å². The number of carbonyl (C=O) groups excluding carboxylic acids is 1. The molecule has 194 valence electrons. The van der Waals surface area contributed by atoms with Gasteiger partial charge in [0.2, 0.25) is 0 Å². The Bertz CT molecular complexity index is 1160. The Kier molecular flexibility index (Phi) is 9.70. The van der Waals surface area contributed by atoms with Gasteiger partial charge >= 0.3 is 5.97 Å². The number of carbonyl (C=O) groups is 2. The zero-order valence-corrected chi connectivity index (χ0v) is 22.7. The van der Waals surface area contributed by atoms with Crippen LogP contribution in [0.1, 0.15) is 55.7 Å². The predicted octanol–water partition coefficient (Wildman–Crippen LogP) is 3.04. The van der Waals surface area contributed by atoms with Crippen molar-refractivity contribution in [3.05, 3.63) is 31.9 Å². The van der Waals surface area contributed by atoms with Crippen LogP contribution in [-0.4, -0.2) is 75.4 Å². The van der Waals surface area contributed by atoms with Gasteiger partial charge in [0.1, 0.15) is 21.8 Å². The minimum Gasteiger partial charge on any atom is -0.481 e. The number of rotatable bonds is 10. The van der Waals surface area contributed by atoms with Gasteiger partial charge < -0.3 is 14.9 Å². The van der Waals surface area contributed by atoms with Gasteiger partial charge in [0.05, 0.1) is 4.91 Å². The van der Waals surface area contributed by atoms with Crippen molar-refractivity contribution in [3.63, 3.8) is 0 Å². The molecule has 9 nitrogen and oxygen atoms in total. The highest BCUT2D eigenvalue weighted by atomic mass is 32.2. The molecular formula is C25H33N5O4S2. The Balaban J connectivity index is 1.99. The van der Waals surface area contributed by atoms with E-state index in [1.54, 1.807) is 22.5 Å². The first kappa shape index (κ1) is 27.9. The van der Waals surface area contributed by atoms with E-state index in [-0.39, 0.29) is 23.5 Å². The van der Waals surface area contributed by atoms with Gasteiger partial charge in [-0.1, -0.05) is 37.3 Å². The largest absolute Gasteiger partial charge is 0.481 e. The second-order valence-corrected chi connectivity index (χ2v) is 10.8. The summed E-state index contributed by atoms with van der Waals surface area (Å²) in [5.41, 5.74) is 1.09. The van der Waals surface area contributed by atoms with Crippen molar-refractivity contribution in [3.8, 4) is 6.07 Å². The molecule has 2 saturated heterocycles. The van der Waals surface area contributed by atoms with Gasteiger partial charge in [-0.05, 0) is 44.9 Å². The van der Waals surface area contributed by atoms with Crippen molar-refractivity contribution in [2.24, 2.45) is 0 Å². The highest BCUT2D eigenvalue weighted by Gasteiger charge is 2.33. The second kappa shape index (κ2) is 12.5. The lowest BCUT2D eigenvalue weighted by molar-refractivity contribution is -0.137. The Labute approximate surface area is 221 Å². The Hall–Kier alpha value is -2.68. The number of aromatic nitrogens is 1. The van der Waals surface area contributed by atoms with Gasteiger partial charge in [0.15, 0.2) is 0 Å². The molecule has 0 aliphatic carbocycles. The van der Waals surface area contributed by atoms with E-state index in [0.29, 0.717) is 52.7 Å². The van der Waals surface area contributed by atoms with Crippen LogP contribution >= 0.6 is 24.0 Å². The summed E-state index contributed by atoms with van der Waals surface area (Å²) in [6.07, 6.45) is 4.56. The van der Waals surface area contributed by atoms with Crippen LogP contribution in [0.5, 0.6) is 0 Å². The van der Waals surface area contributed by atoms with Gasteiger partial charge in [0, 0.05) is 51.3 Å². The number of hydrogen-bond donors (Lipinski definition) is 1. The number of anilines is 1. The summed E-state index contributed by atoms with van der Waals surface area (Å²) in [6, 6.07) is 2.08. The number of amides is 1. The van der Waals surface area contributed by atoms with Crippen molar-refractivity contribution in [2.75, 3.05) is 44.7 Å². The standard InChI is InChI=1S/C25H33N5O4S2/c1-4-9-29-22(28-13-11-27(3)12-14-28)18(17(2)19(16-26)23(29)33)15-20-24(34)30(25(35)36-20)10-7-5-6-8-21(31)32/h15H,4-14H2,1-3H3,(H,31,32). The summed E-state index contributed by atoms with van der Waals surface area (Å²) >= 11 is 6.71. The summed E-state index contributed by atoms with van der Waals surface area (Å²) in [6.45, 7) is 7.86. The van der Waals surface area contributed by atoms with Crippen LogP contribution in [0, 0.1) is 18.3 Å². The van der Waals surface area contributed by atoms with Crippen molar-refractivity contribution in [2.45, 2.75) is 52.5 Å². The third-order valence-electron chi connectivity index (χ3n) is 6.52. The van der Waals surface area contributed by atoms with E-state index in [0.717, 1.165) is 38.4 Å². The number of carboxylic acids is 1. The number of nitriles is 1. The highest BCUT2D eigenvalue weighted by molar-refractivity contribution is 8.26. The fourth-order valence-corrected chi connectivity index (χ4v) is 5.77. The lowest BCUT2D eigenvalue weighted by Crippen LogP contribution is -2.47. The lowest BCUT2D eigenvalue weighted by atomic mass is 10.0. The first-order valence-corrected chi connectivity index (χ1v) is 13.5. The smallest absolute Gasteiger partial charge is 0.303 e. The zero-order valence-electron chi connectivity index (χ0n) is 21.1. The molecule has 36 heavy (non-hydrogen) atoms. The lowest BCUT2D eigenvalue weighted by Gasteiger charge is -2.36. The van der Waals surface area contributed by atoms with E-state index in [1.165, 1.54) is 11.8 Å². The van der Waals surface area contributed by atoms with E-state index in [1.807, 2.05) is 6.92 Å². The van der Waals surface area contributed by atoms with Crippen molar-refractivity contribution >= 4 is 52.1 Å². The maximum absolute atomic E-state index is 13.3. The van der Waals surface area contributed by atoms with Gasteiger partial charge in [-0.15, -0.1) is 0 Å². The number of unbranched alkanes of at least 4 members (excludes halogenated alkanes) is 2. The molecule has 3 heterocycles. The molecule has 0 atom stereocenters. The number of thiocarbonyl (C=S) groups is 1. The van der Waals surface area contributed by atoms with Crippen LogP contribution in [0.4, 0.5) is 5.82 Å². The monoisotopic (exact) mass is 531 g/mol. The van der Waals surface area contributed by atoms with Crippen LogP contribution in [0.25, 0.3) is 6.08 Å². The van der Waals surface area contributed by atoms with Crippen LogP contribution in [-0.2, 0) is 16.1 Å². The van der Waals surface area contributed by atoms with Crippen LogP contribution < -0.4 is 10.5 Å². The van der Waals surface area contributed by atoms with Crippen molar-refractivity contribution in [1.82, 2.24) is 14.4 Å². The number of thioether (sulfide) groups is 1. The van der Waals surface area contributed by atoms with Gasteiger partial charge in [-0.25, -0.2) is 0 Å². The summed E-state index contributed by atoms with van der Waals surface area (Å²) < 4.78 is 2.15. The first-order valence-electron chi connectivity index (χ1n) is 12.3. The number of aliphatic carboxylic acids is 1. The summed E-state index contributed by atoms with van der Waals surface area (Å²) in [4.78, 5) is 43.7. The maximum Gasteiger partial charge on any atom is 0.303 e. The van der Waals surface area contributed by atoms with E-state index >= 15 is 0 Å². The molecule has 2 aliphatic rings. The molecule has 0 aromatic carbocycles. The number of nitrogens with zero attached hydrogens (tertiary/aromatic N) is 5. The summed E-state index contributed by atoms with van der Waals surface area (Å²) in [5.74, 6) is -0.264. The normalized spacial score (nSPS) is 17.8. The van der Waals surface area contributed by atoms with Crippen LogP contribution in [0.2, 0.25) is 0 Å². The molecule has 0 saturated carbocycles. The minimum absolute atomic E-state index is 0.0986. The maximum atomic E-state index is 13.3. The van der Waals surface area contributed by atoms with Crippen LogP contribution in [0.15, 0.2) is 9.70 Å². The summed E-state index contributed by atoms with van der Waals surface area (Å²) in [5, 5.41) is 18.6. The average molecular weight is 532 g/mol. The number of pyridine rings is 1. The van der Waals surface area contributed by atoms with E-state index < -0.39 is 5.97 Å². The molecule has 0 bridgehead atoms. The third-order valence-corrected chi connectivity index (χ3v) is 7.90. The minimum atomic E-state index is -0.823. The second-order valence-electron chi connectivity index (χ2n) is 9.13. The molecule has 2 fully saturated rings. The first-order chi connectivity index (χ1) is 17.2. The van der Waals surface area contributed by atoms with Crippen molar-refractivity contribution < 1.29 is 14.7 Å². The highest BCUT2D eigenvalue weighted by Crippen LogP contribution is 2.36. The van der Waals surface area contributed by atoms with Crippen molar-refractivity contribution in [1.29, 1.82) is 5.26 Å². The third kappa shape index (κ3) is 6.17. The average Bonchev–Trinajstić information content (AvgIpc) is 3.10. The molecule has 0 radical (unpaired) electrons. The number of hydrogen-bond acceptors (Lipinski definition) is 8. The number of carboxylic acid groups (broad SMARTS) is 1. The number of piperazine rings is 1. The van der Waals surface area contributed by atoms with Crippen LogP contribution in [0.3, 0.4) is 0 Å². The molecule has 3 rings (SSSR count). The SMILES string of the molecule is CCCn1c(N2CCN(C)CC2)c(C=C2SC(=S)N(CCCCCC(=O)O)C2=O)c(C)c(C#N)c1=O. The van der Waals surface area contributed by atoms with Gasteiger partial charge in [0.25, 0.3) is 11.5 Å². The fraction of sp³-hybridized carbons (Fsp3) is 0.560. The van der Waals surface area contributed by atoms with Gasteiger partial charge in [-0.3, -0.25) is 23.9 Å². The van der Waals surface area contributed by atoms with E-state index in [9.17, 15) is 19.6 Å². The molecule has 0 spiro atoms. The summed E-state index contributed by atoms with van der Waals surface area (Å²) in [7, 11) is 2.06. The molecule has 0 unspecified atom stereocenters. The molecule has 1 N–H and O–H groups in total. The Morgan fingerprint density at radius 2 is 1.86 bits per heavy atom. The van der Waals surface area contributed by atoms with E-state index in [4.69, 9.17) is 17.3 Å². The molecule has 1 aromatic rings. The molecular weight excluding hydrogens is 498 g/mol. The molecule has 2 aliphatic heterocycles. The van der Waals surface area contributed by atoms with E-state index in [2.05, 4.69) is 22.9 Å². The fourth-order valence-electron chi connectivity index (χ4n) is 4.48. The number of likely N-dealkylation sites (N-methyl/N-ethyl adjacent to an activating group) is 1. The molecule has 1 amide bonds. The predicted molar refractivity (Wildman–Crippen MR) is 146 cm³/mol. The molecule has 11 heteroatoms. The Morgan fingerprint density at radius 3 is 2.47 bits per heavy atom. The quantitative estimate of drug-likeness (QED) is 0.277. The van der Waals surface area contributed by atoms with Gasteiger partial charge in [-0.2, -0.15) is 5.26 Å².